The maximum atomic E-state index is 12.3. The van der Waals surface area contributed by atoms with Crippen molar-refractivity contribution in [2.75, 3.05) is 6.61 Å². The zero-order valence-electron chi connectivity index (χ0n) is 16.5. The first-order chi connectivity index (χ1) is 15.1. The van der Waals surface area contributed by atoms with Crippen LogP contribution in [0.1, 0.15) is 16.8 Å². The first-order valence-electron chi connectivity index (χ1n) is 9.14. The molecule has 32 heavy (non-hydrogen) atoms. The number of ether oxygens (including phenoxy) is 2. The Morgan fingerprint density at radius 2 is 1.88 bits per heavy atom. The summed E-state index contributed by atoms with van der Waals surface area (Å²) in [7, 11) is -4.98. The lowest BCUT2D eigenvalue weighted by atomic mass is 10.0. The molecule has 1 unspecified atom stereocenters. The van der Waals surface area contributed by atoms with E-state index in [2.05, 4.69) is 16.0 Å². The molecule has 0 radical (unpaired) electrons. The van der Waals surface area contributed by atoms with Gasteiger partial charge in [0.1, 0.15) is 41.0 Å². The maximum absolute atomic E-state index is 12.3. The van der Waals surface area contributed by atoms with Gasteiger partial charge in [-0.05, 0) is 12.1 Å². The Balaban J connectivity index is 2.18. The third-order valence-electron chi connectivity index (χ3n) is 4.24. The van der Waals surface area contributed by atoms with E-state index in [-0.39, 0.29) is 17.0 Å². The second-order valence-electron chi connectivity index (χ2n) is 6.55. The van der Waals surface area contributed by atoms with Gasteiger partial charge in [0.05, 0.1) is 12.2 Å². The molecule has 1 heterocycles. The molecule has 0 aliphatic carbocycles. The van der Waals surface area contributed by atoms with Crippen molar-refractivity contribution in [1.29, 1.82) is 0 Å². The molecule has 1 fully saturated rings. The van der Waals surface area contributed by atoms with Crippen molar-refractivity contribution in [3.8, 4) is 0 Å². The van der Waals surface area contributed by atoms with E-state index in [0.29, 0.717) is 11.8 Å². The molecule has 2 rings (SSSR count). The number of benzene rings is 1. The summed E-state index contributed by atoms with van der Waals surface area (Å²) >= 11 is 0.562. The quantitative estimate of drug-likeness (QED) is 0.0737. The van der Waals surface area contributed by atoms with Gasteiger partial charge in [-0.25, -0.2) is 9.08 Å². The molecule has 0 bridgehead atoms. The summed E-state index contributed by atoms with van der Waals surface area (Å²) in [6.07, 6.45) is -6.29. The van der Waals surface area contributed by atoms with Gasteiger partial charge in [-0.1, -0.05) is 47.8 Å². The molecule has 0 spiro atoms. The standard InChI is InChI=1S/C18H23NO11S2/c1-2-11(28-17(24)10-6-4-3-5-7-10)8-13(19-30-32(25,26)27)31-18-16(23)15(22)14(21)12(9-20)29-18/h2-7,11-12,14-16,18,20-23H,1,8-9H2,(H,25,26,27)/b19-13+/t11?,12-,14-,15+,16-,18+/m1/s1. The Bertz CT molecular complexity index is 907. The number of aliphatic hydroxyl groups is 4. The number of oxime groups is 1. The summed E-state index contributed by atoms with van der Waals surface area (Å²) < 4.78 is 45.3. The van der Waals surface area contributed by atoms with Crippen LogP contribution in [-0.4, -0.2) is 87.0 Å². The summed E-state index contributed by atoms with van der Waals surface area (Å²) in [5, 5.41) is 42.3. The van der Waals surface area contributed by atoms with Gasteiger partial charge in [0, 0.05) is 6.42 Å². The van der Waals surface area contributed by atoms with E-state index in [4.69, 9.17) is 14.0 Å². The van der Waals surface area contributed by atoms with Crippen LogP contribution in [0.2, 0.25) is 0 Å². The fraction of sp³-hybridized carbons (Fsp3) is 0.444. The van der Waals surface area contributed by atoms with Crippen molar-refractivity contribution in [2.45, 2.75) is 42.4 Å². The third kappa shape index (κ3) is 7.53. The van der Waals surface area contributed by atoms with E-state index in [1.54, 1.807) is 18.2 Å². The van der Waals surface area contributed by atoms with Crippen LogP contribution in [0.5, 0.6) is 0 Å². The molecule has 0 amide bonds. The molecule has 1 saturated heterocycles. The zero-order valence-corrected chi connectivity index (χ0v) is 18.1. The third-order valence-corrected chi connectivity index (χ3v) is 5.64. The highest BCUT2D eigenvalue weighted by Crippen LogP contribution is 2.31. The summed E-state index contributed by atoms with van der Waals surface area (Å²) in [6.45, 7) is 2.86. The number of hydrogen-bond donors (Lipinski definition) is 5. The first-order valence-corrected chi connectivity index (χ1v) is 11.4. The van der Waals surface area contributed by atoms with Gasteiger partial charge in [0.25, 0.3) is 0 Å². The fourth-order valence-corrected chi connectivity index (χ4v) is 3.96. The average Bonchev–Trinajstić information content (AvgIpc) is 2.77. The second-order valence-corrected chi connectivity index (χ2v) is 8.73. The number of carbonyl (C=O) groups is 1. The summed E-state index contributed by atoms with van der Waals surface area (Å²) in [5.41, 5.74) is -1.09. The monoisotopic (exact) mass is 493 g/mol. The van der Waals surface area contributed by atoms with Crippen LogP contribution in [0.4, 0.5) is 0 Å². The van der Waals surface area contributed by atoms with Crippen molar-refractivity contribution in [2.24, 2.45) is 5.16 Å². The lowest BCUT2D eigenvalue weighted by Gasteiger charge is -2.39. The number of thioether (sulfide) groups is 1. The smallest absolute Gasteiger partial charge is 0.454 e. The summed E-state index contributed by atoms with van der Waals surface area (Å²) in [5.74, 6) is -0.705. The topological polar surface area (TPSA) is 192 Å². The van der Waals surface area contributed by atoms with E-state index in [9.17, 15) is 33.6 Å². The predicted molar refractivity (Wildman–Crippen MR) is 112 cm³/mol. The van der Waals surface area contributed by atoms with E-state index in [1.165, 1.54) is 18.2 Å². The van der Waals surface area contributed by atoms with E-state index in [1.807, 2.05) is 0 Å². The lowest BCUT2D eigenvalue weighted by molar-refractivity contribution is -0.205. The largest absolute Gasteiger partial charge is 0.466 e. The summed E-state index contributed by atoms with van der Waals surface area (Å²) in [6, 6.07) is 7.99. The van der Waals surface area contributed by atoms with Crippen LogP contribution in [-0.2, 0) is 24.2 Å². The van der Waals surface area contributed by atoms with Gasteiger partial charge in [-0.3, -0.25) is 4.55 Å². The molecule has 1 aliphatic rings. The second kappa shape index (κ2) is 11.7. The Morgan fingerprint density at radius 1 is 1.22 bits per heavy atom. The normalized spacial score (nSPS) is 27.4. The molecule has 0 saturated carbocycles. The Hall–Kier alpha value is -2.04. The number of rotatable bonds is 9. The molecular formula is C18H23NO11S2. The van der Waals surface area contributed by atoms with Gasteiger partial charge >= 0.3 is 16.4 Å². The van der Waals surface area contributed by atoms with E-state index >= 15 is 0 Å². The van der Waals surface area contributed by atoms with Crippen LogP contribution in [0.3, 0.4) is 0 Å². The van der Waals surface area contributed by atoms with Crippen molar-refractivity contribution in [1.82, 2.24) is 0 Å². The molecule has 1 aromatic rings. The maximum Gasteiger partial charge on any atom is 0.466 e. The minimum atomic E-state index is -4.98. The van der Waals surface area contributed by atoms with Gasteiger partial charge < -0.3 is 29.9 Å². The Labute approximate surface area is 188 Å². The number of esters is 1. The van der Waals surface area contributed by atoms with Crippen LogP contribution in [0.15, 0.2) is 48.1 Å². The molecule has 12 nitrogen and oxygen atoms in total. The number of hydrogen-bond acceptors (Lipinski definition) is 12. The molecular weight excluding hydrogens is 470 g/mol. The molecule has 0 aromatic heterocycles. The zero-order chi connectivity index (χ0) is 23.9. The highest BCUT2D eigenvalue weighted by Gasteiger charge is 2.44. The lowest BCUT2D eigenvalue weighted by Crippen LogP contribution is -2.57. The molecule has 6 atom stereocenters. The molecule has 5 N–H and O–H groups in total. The Kier molecular flexibility index (Phi) is 9.60. The molecule has 1 aliphatic heterocycles. The molecule has 14 heteroatoms. The van der Waals surface area contributed by atoms with E-state index < -0.39 is 58.9 Å². The SMILES string of the molecule is C=CC(C/C(=N\OS(=O)(=O)O)S[C@@H]1O[C@H](CO)[C@@H](O)[C@H](O)[C@H]1O)OC(=O)c1ccccc1. The van der Waals surface area contributed by atoms with Crippen LogP contribution in [0.25, 0.3) is 0 Å². The molecule has 178 valence electrons. The number of carbonyl (C=O) groups excluding carboxylic acids is 1. The fourth-order valence-electron chi connectivity index (χ4n) is 2.62. The average molecular weight is 494 g/mol. The van der Waals surface area contributed by atoms with Crippen molar-refractivity contribution < 1.29 is 51.9 Å². The highest BCUT2D eigenvalue weighted by atomic mass is 32.3. The van der Waals surface area contributed by atoms with Gasteiger partial charge in [0.15, 0.2) is 0 Å². The highest BCUT2D eigenvalue weighted by molar-refractivity contribution is 8.14. The Morgan fingerprint density at radius 3 is 2.44 bits per heavy atom. The number of nitrogens with zero attached hydrogens (tertiary/aromatic N) is 1. The first kappa shape index (κ1) is 26.2. The molecule has 1 aromatic carbocycles. The van der Waals surface area contributed by atoms with Crippen LogP contribution >= 0.6 is 11.8 Å². The van der Waals surface area contributed by atoms with Crippen LogP contribution in [0, 0.1) is 0 Å². The van der Waals surface area contributed by atoms with Gasteiger partial charge in [-0.15, -0.1) is 0 Å². The van der Waals surface area contributed by atoms with Crippen molar-refractivity contribution in [3.63, 3.8) is 0 Å². The van der Waals surface area contributed by atoms with Crippen molar-refractivity contribution >= 4 is 33.2 Å². The minimum absolute atomic E-state index is 0.238. The predicted octanol–water partition coefficient (Wildman–Crippen LogP) is -0.546. The van der Waals surface area contributed by atoms with Crippen molar-refractivity contribution in [3.05, 3.63) is 48.6 Å². The van der Waals surface area contributed by atoms with Gasteiger partial charge in [-0.2, -0.15) is 8.42 Å². The minimum Gasteiger partial charge on any atom is -0.454 e. The number of aliphatic hydroxyl groups excluding tert-OH is 4. The summed E-state index contributed by atoms with van der Waals surface area (Å²) in [4.78, 5) is 12.3. The van der Waals surface area contributed by atoms with E-state index in [0.717, 1.165) is 0 Å². The van der Waals surface area contributed by atoms with Crippen LogP contribution < -0.4 is 0 Å². The van der Waals surface area contributed by atoms with Gasteiger partial charge in [0.2, 0.25) is 0 Å².